The molecule has 0 aliphatic carbocycles. The van der Waals surface area contributed by atoms with E-state index < -0.39 is 12.1 Å². The number of piperidine rings is 1. The van der Waals surface area contributed by atoms with E-state index in [0.717, 1.165) is 12.8 Å². The molecule has 1 fully saturated rings. The number of carbonyl (C=O) groups excluding carboxylic acids is 3. The lowest BCUT2D eigenvalue weighted by Gasteiger charge is -2.28. The second kappa shape index (κ2) is 13.3. The summed E-state index contributed by atoms with van der Waals surface area (Å²) in [6.07, 6.45) is 2.51. The fraction of sp³-hybridized carbons (Fsp3) is 0.407. The monoisotopic (exact) mass is 510 g/mol. The fourth-order valence-corrected chi connectivity index (χ4v) is 3.96. The molecule has 1 unspecified atom stereocenters. The van der Waals surface area contributed by atoms with Crippen molar-refractivity contribution in [2.24, 2.45) is 5.73 Å². The van der Waals surface area contributed by atoms with Crippen molar-refractivity contribution < 1.29 is 28.6 Å². The summed E-state index contributed by atoms with van der Waals surface area (Å²) in [7, 11) is 0. The zero-order valence-electron chi connectivity index (χ0n) is 21.2. The number of anilines is 2. The van der Waals surface area contributed by atoms with Crippen LogP contribution in [0.5, 0.6) is 11.5 Å². The first-order chi connectivity index (χ1) is 17.8. The molecule has 1 saturated heterocycles. The van der Waals surface area contributed by atoms with Crippen LogP contribution >= 0.6 is 0 Å². The summed E-state index contributed by atoms with van der Waals surface area (Å²) in [6, 6.07) is 11.7. The molecule has 10 nitrogen and oxygen atoms in total. The number of esters is 1. The van der Waals surface area contributed by atoms with Crippen LogP contribution in [0, 0.1) is 5.41 Å². The van der Waals surface area contributed by atoms with Gasteiger partial charge in [0.25, 0.3) is 5.91 Å². The molecule has 2 amide bonds. The molecule has 1 aliphatic rings. The molecule has 1 aliphatic heterocycles. The SMILES string of the molecule is CCCC(Oc1cccc(C(=N)N)c1)C(=O)Nc1ccc(N2CCCCC2=O)c(OCC(=O)OCC)c1. The van der Waals surface area contributed by atoms with Crippen molar-refractivity contribution in [1.82, 2.24) is 0 Å². The van der Waals surface area contributed by atoms with Crippen molar-refractivity contribution in [2.45, 2.75) is 52.1 Å². The van der Waals surface area contributed by atoms with Gasteiger partial charge >= 0.3 is 5.97 Å². The van der Waals surface area contributed by atoms with Gasteiger partial charge in [-0.2, -0.15) is 0 Å². The summed E-state index contributed by atoms with van der Waals surface area (Å²) in [5.74, 6) is -0.287. The number of ether oxygens (including phenoxy) is 3. The summed E-state index contributed by atoms with van der Waals surface area (Å²) < 4.78 is 16.6. The Kier molecular flexibility index (Phi) is 9.88. The molecule has 3 rings (SSSR count). The maximum Gasteiger partial charge on any atom is 0.344 e. The standard InChI is InChI=1S/C27H34N4O6/c1-3-8-22(37-20-10-7-9-18(15-20)26(28)29)27(34)30-19-12-13-21(31-14-6-5-11-24(31)32)23(16-19)36-17-25(33)35-4-2/h7,9-10,12-13,15-16,22H,3-6,8,11,14,17H2,1-2H3,(H3,28,29)(H,30,34). The van der Waals surface area contributed by atoms with E-state index in [4.69, 9.17) is 25.4 Å². The number of benzene rings is 2. The molecule has 1 heterocycles. The van der Waals surface area contributed by atoms with Crippen molar-refractivity contribution in [2.75, 3.05) is 30.0 Å². The first-order valence-electron chi connectivity index (χ1n) is 12.5. The second-order valence-corrected chi connectivity index (χ2v) is 8.60. The predicted molar refractivity (Wildman–Crippen MR) is 140 cm³/mol. The molecule has 0 aromatic heterocycles. The van der Waals surface area contributed by atoms with Gasteiger partial charge < -0.3 is 30.2 Å². The minimum absolute atomic E-state index is 0.0202. The number of nitrogens with zero attached hydrogens (tertiary/aromatic N) is 1. The smallest absolute Gasteiger partial charge is 0.344 e. The molecule has 10 heteroatoms. The van der Waals surface area contributed by atoms with Gasteiger partial charge in [0.1, 0.15) is 17.3 Å². The van der Waals surface area contributed by atoms with Gasteiger partial charge in [0.2, 0.25) is 5.91 Å². The number of hydrogen-bond acceptors (Lipinski definition) is 7. The summed E-state index contributed by atoms with van der Waals surface area (Å²) >= 11 is 0. The summed E-state index contributed by atoms with van der Waals surface area (Å²) in [5.41, 5.74) is 7.03. The van der Waals surface area contributed by atoms with E-state index in [1.165, 1.54) is 0 Å². The van der Waals surface area contributed by atoms with Gasteiger partial charge in [-0.15, -0.1) is 0 Å². The van der Waals surface area contributed by atoms with Crippen molar-refractivity contribution in [1.29, 1.82) is 5.41 Å². The molecule has 4 N–H and O–H groups in total. The molecular weight excluding hydrogens is 476 g/mol. The minimum atomic E-state index is -0.792. The number of nitrogen functional groups attached to an aromatic ring is 1. The highest BCUT2D eigenvalue weighted by Crippen LogP contribution is 2.34. The van der Waals surface area contributed by atoms with E-state index in [0.29, 0.717) is 54.2 Å². The van der Waals surface area contributed by atoms with Crippen LogP contribution in [0.2, 0.25) is 0 Å². The van der Waals surface area contributed by atoms with Gasteiger partial charge in [0, 0.05) is 30.3 Å². The highest BCUT2D eigenvalue weighted by atomic mass is 16.6. The van der Waals surface area contributed by atoms with Crippen LogP contribution in [0.25, 0.3) is 0 Å². The van der Waals surface area contributed by atoms with E-state index in [9.17, 15) is 14.4 Å². The van der Waals surface area contributed by atoms with Gasteiger partial charge in [0.05, 0.1) is 12.3 Å². The number of amides is 2. The lowest BCUT2D eigenvalue weighted by molar-refractivity contribution is -0.145. The Morgan fingerprint density at radius 2 is 1.97 bits per heavy atom. The molecule has 198 valence electrons. The van der Waals surface area contributed by atoms with Crippen LogP contribution in [0.3, 0.4) is 0 Å². The second-order valence-electron chi connectivity index (χ2n) is 8.60. The number of nitrogens with one attached hydrogen (secondary N) is 2. The molecule has 0 radical (unpaired) electrons. The van der Waals surface area contributed by atoms with E-state index in [-0.39, 0.29) is 30.9 Å². The molecule has 1 atom stereocenters. The molecule has 2 aromatic rings. The van der Waals surface area contributed by atoms with Gasteiger partial charge in [-0.3, -0.25) is 15.0 Å². The molecule has 0 bridgehead atoms. The first kappa shape index (κ1) is 27.5. The highest BCUT2D eigenvalue weighted by Gasteiger charge is 2.25. The lowest BCUT2D eigenvalue weighted by Crippen LogP contribution is -2.35. The maximum atomic E-state index is 13.1. The average molecular weight is 511 g/mol. The van der Waals surface area contributed by atoms with Gasteiger partial charge in [-0.1, -0.05) is 25.5 Å². The Morgan fingerprint density at radius 1 is 1.16 bits per heavy atom. The first-order valence-corrected chi connectivity index (χ1v) is 12.5. The van der Waals surface area contributed by atoms with Crippen LogP contribution < -0.4 is 25.4 Å². The number of hydrogen-bond donors (Lipinski definition) is 3. The summed E-state index contributed by atoms with van der Waals surface area (Å²) in [4.78, 5) is 39.2. The van der Waals surface area contributed by atoms with Gasteiger partial charge in [-0.25, -0.2) is 4.79 Å². The van der Waals surface area contributed by atoms with Crippen LogP contribution in [0.4, 0.5) is 11.4 Å². The van der Waals surface area contributed by atoms with Crippen molar-refractivity contribution in [3.63, 3.8) is 0 Å². The Hall–Kier alpha value is -4.08. The van der Waals surface area contributed by atoms with Gasteiger partial charge in [-0.05, 0) is 50.5 Å². The van der Waals surface area contributed by atoms with Crippen molar-refractivity contribution >= 4 is 35.0 Å². The highest BCUT2D eigenvalue weighted by molar-refractivity contribution is 5.98. The Balaban J connectivity index is 1.80. The van der Waals surface area contributed by atoms with Crippen LogP contribution in [-0.4, -0.2) is 49.5 Å². The summed E-state index contributed by atoms with van der Waals surface area (Å²) in [5, 5.41) is 10.5. The topological polar surface area (TPSA) is 144 Å². The number of amidine groups is 1. The number of rotatable bonds is 12. The third-order valence-corrected chi connectivity index (χ3v) is 5.76. The zero-order chi connectivity index (χ0) is 26.8. The molecule has 2 aromatic carbocycles. The lowest BCUT2D eigenvalue weighted by atomic mass is 10.1. The molecule has 37 heavy (non-hydrogen) atoms. The Bertz CT molecular complexity index is 1140. The number of carbonyl (C=O) groups is 3. The predicted octanol–water partition coefficient (Wildman–Crippen LogP) is 3.62. The van der Waals surface area contributed by atoms with E-state index in [1.807, 2.05) is 6.92 Å². The van der Waals surface area contributed by atoms with E-state index >= 15 is 0 Å². The maximum absolute atomic E-state index is 13.1. The average Bonchev–Trinajstić information content (AvgIpc) is 2.88. The normalized spacial score (nSPS) is 14.0. The van der Waals surface area contributed by atoms with Crippen LogP contribution in [0.1, 0.15) is 51.5 Å². The molecular formula is C27H34N4O6. The van der Waals surface area contributed by atoms with E-state index in [1.54, 1.807) is 54.3 Å². The number of nitrogens with two attached hydrogens (primary N) is 1. The third-order valence-electron chi connectivity index (χ3n) is 5.76. The summed E-state index contributed by atoms with van der Waals surface area (Å²) in [6.45, 7) is 4.10. The van der Waals surface area contributed by atoms with Crippen LogP contribution in [0.15, 0.2) is 42.5 Å². The molecule has 0 saturated carbocycles. The third kappa shape index (κ3) is 7.70. The van der Waals surface area contributed by atoms with Crippen molar-refractivity contribution in [3.05, 3.63) is 48.0 Å². The van der Waals surface area contributed by atoms with Crippen molar-refractivity contribution in [3.8, 4) is 11.5 Å². The Morgan fingerprint density at radius 3 is 2.68 bits per heavy atom. The minimum Gasteiger partial charge on any atom is -0.481 e. The quantitative estimate of drug-likeness (QED) is 0.225. The molecule has 0 spiro atoms. The largest absolute Gasteiger partial charge is 0.481 e. The Labute approximate surface area is 216 Å². The van der Waals surface area contributed by atoms with Gasteiger partial charge in [0.15, 0.2) is 12.7 Å². The van der Waals surface area contributed by atoms with Crippen LogP contribution in [-0.2, 0) is 19.1 Å². The zero-order valence-corrected chi connectivity index (χ0v) is 21.2. The van der Waals surface area contributed by atoms with E-state index in [2.05, 4.69) is 5.32 Å². The fourth-order valence-electron chi connectivity index (χ4n) is 3.96.